The van der Waals surface area contributed by atoms with Gasteiger partial charge in [0, 0.05) is 18.9 Å². The Hall–Kier alpha value is -2.15. The third-order valence-electron chi connectivity index (χ3n) is 8.92. The number of unbranched alkanes of at least 4 members (excludes halogenated alkanes) is 20. The second-order valence-corrected chi connectivity index (χ2v) is 14.2. The van der Waals surface area contributed by atoms with E-state index in [1.54, 1.807) is 0 Å². The Morgan fingerprint density at radius 3 is 1.42 bits per heavy atom. The van der Waals surface area contributed by atoms with Gasteiger partial charge >= 0.3 is 5.97 Å². The summed E-state index contributed by atoms with van der Waals surface area (Å²) < 4.78 is 5.98. The molecule has 0 atom stereocenters. The number of esters is 1. The molecular weight excluding hydrogens is 622 g/mol. The number of oxime groups is 2. The molecule has 0 bridgehead atoms. The number of rotatable bonds is 39. The Morgan fingerprint density at radius 1 is 0.540 bits per heavy atom. The van der Waals surface area contributed by atoms with Crippen LogP contribution in [0.3, 0.4) is 0 Å². The fourth-order valence-corrected chi connectivity index (χ4v) is 5.81. The highest BCUT2D eigenvalue weighted by molar-refractivity contribution is 5.69. The standard InChI is InChI=1S/C43H81N3O4/c1-5-7-9-11-19-25-31-40-48-44-37-29-23-17-13-15-21-27-34-42(50-43(47)36-33-39-46(3)4)35-28-22-16-14-18-24-30-38-45-49-41-32-26-20-12-10-8-6-2/h25-26,31-32,37-38,42H,5-24,27-30,33-36,39-41H2,1-4H3/b31-25-,32-26-,44-37?,45-38?. The van der Waals surface area contributed by atoms with Crippen LogP contribution in [0.5, 0.6) is 0 Å². The van der Waals surface area contributed by atoms with E-state index in [1.807, 2.05) is 26.5 Å². The van der Waals surface area contributed by atoms with Crippen molar-refractivity contribution in [3.63, 3.8) is 0 Å². The SMILES string of the molecule is CCCCCC/C=C\CON=CCCCCCCCCC(CCCCCCCCC=NOC/C=C\CCCCCC)OC(=O)CCCN(C)C. The van der Waals surface area contributed by atoms with Crippen molar-refractivity contribution in [1.82, 2.24) is 4.90 Å². The van der Waals surface area contributed by atoms with Gasteiger partial charge in [-0.3, -0.25) is 4.79 Å². The Labute approximate surface area is 310 Å². The van der Waals surface area contributed by atoms with Gasteiger partial charge in [0.15, 0.2) is 0 Å². The quantitative estimate of drug-likeness (QED) is 0.0209. The molecule has 0 radical (unpaired) electrons. The molecule has 0 aliphatic rings. The van der Waals surface area contributed by atoms with Gasteiger partial charge in [0.2, 0.25) is 0 Å². The van der Waals surface area contributed by atoms with Gasteiger partial charge in [0.1, 0.15) is 19.3 Å². The average molecular weight is 704 g/mol. The van der Waals surface area contributed by atoms with Gasteiger partial charge in [-0.15, -0.1) is 0 Å². The fraction of sp³-hybridized carbons (Fsp3) is 0.837. The maximum Gasteiger partial charge on any atom is 0.306 e. The van der Waals surface area contributed by atoms with Crippen molar-refractivity contribution in [1.29, 1.82) is 0 Å². The van der Waals surface area contributed by atoms with Gasteiger partial charge in [-0.2, -0.15) is 0 Å². The van der Waals surface area contributed by atoms with Crippen LogP contribution in [0.15, 0.2) is 34.6 Å². The fourth-order valence-electron chi connectivity index (χ4n) is 5.81. The van der Waals surface area contributed by atoms with Crippen LogP contribution in [0.2, 0.25) is 0 Å². The van der Waals surface area contributed by atoms with Gasteiger partial charge in [0.05, 0.1) is 0 Å². The van der Waals surface area contributed by atoms with Gasteiger partial charge < -0.3 is 19.3 Å². The number of ether oxygens (including phenoxy) is 1. The molecule has 0 aromatic carbocycles. The molecule has 0 aromatic rings. The van der Waals surface area contributed by atoms with Gasteiger partial charge in [0.25, 0.3) is 0 Å². The summed E-state index contributed by atoms with van der Waals surface area (Å²) in [4.78, 5) is 25.3. The molecule has 0 saturated carbocycles. The summed E-state index contributed by atoms with van der Waals surface area (Å²) in [6.45, 7) is 6.55. The molecule has 0 unspecified atom stereocenters. The van der Waals surface area contributed by atoms with E-state index < -0.39 is 0 Å². The third-order valence-corrected chi connectivity index (χ3v) is 8.92. The Balaban J connectivity index is 3.97. The molecule has 0 amide bonds. The number of nitrogens with zero attached hydrogens (tertiary/aromatic N) is 3. The van der Waals surface area contributed by atoms with Crippen LogP contribution in [0.1, 0.15) is 194 Å². The van der Waals surface area contributed by atoms with E-state index >= 15 is 0 Å². The minimum absolute atomic E-state index is 0.0231. The van der Waals surface area contributed by atoms with Crippen molar-refractivity contribution in [2.45, 2.75) is 200 Å². The van der Waals surface area contributed by atoms with Crippen molar-refractivity contribution >= 4 is 18.4 Å². The van der Waals surface area contributed by atoms with Crippen LogP contribution < -0.4 is 0 Å². The van der Waals surface area contributed by atoms with Crippen LogP contribution >= 0.6 is 0 Å². The molecule has 0 heterocycles. The molecule has 7 nitrogen and oxygen atoms in total. The number of hydrogen-bond donors (Lipinski definition) is 0. The lowest BCUT2D eigenvalue weighted by Crippen LogP contribution is -2.20. The summed E-state index contributed by atoms with van der Waals surface area (Å²) in [5, 5.41) is 8.16. The predicted molar refractivity (Wildman–Crippen MR) is 216 cm³/mol. The molecule has 0 aliphatic carbocycles. The van der Waals surface area contributed by atoms with Crippen molar-refractivity contribution in [2.75, 3.05) is 33.9 Å². The van der Waals surface area contributed by atoms with Crippen molar-refractivity contribution in [3.05, 3.63) is 24.3 Å². The highest BCUT2D eigenvalue weighted by atomic mass is 16.6. The first-order chi connectivity index (χ1) is 24.6. The van der Waals surface area contributed by atoms with Crippen molar-refractivity contribution in [2.24, 2.45) is 10.3 Å². The lowest BCUT2D eigenvalue weighted by molar-refractivity contribution is -0.150. The third kappa shape index (κ3) is 40.3. The Morgan fingerprint density at radius 2 is 0.960 bits per heavy atom. The minimum Gasteiger partial charge on any atom is -0.462 e. The molecule has 0 N–H and O–H groups in total. The average Bonchev–Trinajstić information content (AvgIpc) is 3.10. The summed E-state index contributed by atoms with van der Waals surface area (Å²) in [6.07, 6.45) is 44.9. The zero-order valence-electron chi connectivity index (χ0n) is 33.4. The van der Waals surface area contributed by atoms with Gasteiger partial charge in [-0.05, 0) is 116 Å². The lowest BCUT2D eigenvalue weighted by Gasteiger charge is -2.18. The first-order valence-electron chi connectivity index (χ1n) is 21.0. The van der Waals surface area contributed by atoms with E-state index in [9.17, 15) is 4.79 Å². The molecule has 0 aromatic heterocycles. The highest BCUT2D eigenvalue weighted by Crippen LogP contribution is 2.18. The maximum absolute atomic E-state index is 12.5. The molecule has 0 rings (SSSR count). The molecule has 50 heavy (non-hydrogen) atoms. The van der Waals surface area contributed by atoms with E-state index in [2.05, 4.69) is 53.4 Å². The molecule has 0 aliphatic heterocycles. The summed E-state index contributed by atoms with van der Waals surface area (Å²) in [5.74, 6) is -0.0231. The molecule has 292 valence electrons. The first kappa shape index (κ1) is 47.8. The Bertz CT molecular complexity index is 760. The van der Waals surface area contributed by atoms with E-state index in [4.69, 9.17) is 14.4 Å². The number of allylic oxidation sites excluding steroid dienone is 2. The lowest BCUT2D eigenvalue weighted by atomic mass is 10.0. The van der Waals surface area contributed by atoms with Crippen molar-refractivity contribution < 1.29 is 19.2 Å². The van der Waals surface area contributed by atoms with E-state index in [1.165, 1.54) is 103 Å². The van der Waals surface area contributed by atoms with Crippen LogP contribution in [0.25, 0.3) is 0 Å². The number of carbonyl (C=O) groups excluding carboxylic acids is 1. The van der Waals surface area contributed by atoms with Crippen LogP contribution in [-0.4, -0.2) is 63.3 Å². The summed E-state index contributed by atoms with van der Waals surface area (Å²) in [7, 11) is 4.09. The molecular formula is C43H81N3O4. The van der Waals surface area contributed by atoms with E-state index in [0.29, 0.717) is 19.6 Å². The van der Waals surface area contributed by atoms with E-state index in [0.717, 1.165) is 77.2 Å². The normalized spacial score (nSPS) is 12.7. The van der Waals surface area contributed by atoms with Gasteiger partial charge in [-0.25, -0.2) is 0 Å². The summed E-state index contributed by atoms with van der Waals surface area (Å²) >= 11 is 0. The van der Waals surface area contributed by atoms with Gasteiger partial charge in [-0.1, -0.05) is 126 Å². The second-order valence-electron chi connectivity index (χ2n) is 14.2. The number of carbonyl (C=O) groups is 1. The second kappa shape index (κ2) is 41.3. The molecule has 0 fully saturated rings. The summed E-state index contributed by atoms with van der Waals surface area (Å²) in [6, 6.07) is 0. The molecule has 7 heteroatoms. The summed E-state index contributed by atoms with van der Waals surface area (Å²) in [5.41, 5.74) is 0. The first-order valence-corrected chi connectivity index (χ1v) is 21.0. The van der Waals surface area contributed by atoms with Crippen molar-refractivity contribution in [3.8, 4) is 0 Å². The van der Waals surface area contributed by atoms with Crippen LogP contribution in [0, 0.1) is 0 Å². The predicted octanol–water partition coefficient (Wildman–Crippen LogP) is 12.5. The minimum atomic E-state index is -0.0231. The monoisotopic (exact) mass is 704 g/mol. The number of hydrogen-bond acceptors (Lipinski definition) is 7. The topological polar surface area (TPSA) is 72.7 Å². The highest BCUT2D eigenvalue weighted by Gasteiger charge is 2.14. The zero-order chi connectivity index (χ0) is 36.4. The van der Waals surface area contributed by atoms with Crippen LogP contribution in [-0.2, 0) is 19.2 Å². The van der Waals surface area contributed by atoms with Crippen LogP contribution in [0.4, 0.5) is 0 Å². The van der Waals surface area contributed by atoms with E-state index in [-0.39, 0.29) is 12.1 Å². The maximum atomic E-state index is 12.5. The largest absolute Gasteiger partial charge is 0.462 e. The Kier molecular flexibility index (Phi) is 39.5. The molecule has 0 saturated heterocycles. The smallest absolute Gasteiger partial charge is 0.306 e. The molecule has 0 spiro atoms. The zero-order valence-corrected chi connectivity index (χ0v) is 33.4.